The number of hydrogen-bond acceptors (Lipinski definition) is 2. The van der Waals surface area contributed by atoms with Crippen LogP contribution in [0, 0.1) is 5.92 Å². The van der Waals surface area contributed by atoms with Gasteiger partial charge in [0.05, 0.1) is 0 Å². The minimum Gasteiger partial charge on any atom is -0.317 e. The number of rotatable bonds is 7. The average molecular weight is 186 g/mol. The average Bonchev–Trinajstić information content (AvgIpc) is 2.03. The molecule has 0 heterocycles. The van der Waals surface area contributed by atoms with Gasteiger partial charge in [0.2, 0.25) is 0 Å². The normalized spacial score (nSPS) is 14.1. The summed E-state index contributed by atoms with van der Waals surface area (Å²) in [6.07, 6.45) is 1.25. The van der Waals surface area contributed by atoms with E-state index in [4.69, 9.17) is 0 Å². The van der Waals surface area contributed by atoms with Crippen LogP contribution in [0.4, 0.5) is 0 Å². The number of nitrogens with one attached hydrogen (secondary N) is 1. The quantitative estimate of drug-likeness (QED) is 0.612. The molecule has 80 valence electrons. The summed E-state index contributed by atoms with van der Waals surface area (Å²) >= 11 is 0. The van der Waals surface area contributed by atoms with Crippen LogP contribution in [0.5, 0.6) is 0 Å². The number of hydrogen-bond donors (Lipinski definition) is 1. The molecule has 0 aliphatic heterocycles. The van der Waals surface area contributed by atoms with E-state index in [0.717, 1.165) is 19.0 Å². The molecule has 2 heteroatoms. The predicted molar refractivity (Wildman–Crippen MR) is 60.1 cm³/mol. The van der Waals surface area contributed by atoms with E-state index in [-0.39, 0.29) is 0 Å². The molecule has 0 spiro atoms. The Hall–Kier alpha value is -0.0800. The molecule has 0 rings (SSSR count). The van der Waals surface area contributed by atoms with Gasteiger partial charge in [0.1, 0.15) is 0 Å². The molecule has 2 nitrogen and oxygen atoms in total. The van der Waals surface area contributed by atoms with Gasteiger partial charge in [-0.2, -0.15) is 0 Å². The van der Waals surface area contributed by atoms with Crippen molar-refractivity contribution in [1.29, 1.82) is 0 Å². The highest BCUT2D eigenvalue weighted by molar-refractivity contribution is 4.65. The van der Waals surface area contributed by atoms with Gasteiger partial charge in [0.25, 0.3) is 0 Å². The summed E-state index contributed by atoms with van der Waals surface area (Å²) in [5.74, 6) is 0.770. The first-order chi connectivity index (χ1) is 6.07. The van der Waals surface area contributed by atoms with Crippen molar-refractivity contribution >= 4 is 0 Å². The third kappa shape index (κ3) is 7.03. The Bertz CT molecular complexity index is 113. The SMILES string of the molecule is CCNCCC(C)N(C)CC(C)C. The highest BCUT2D eigenvalue weighted by Crippen LogP contribution is 2.03. The molecule has 0 aliphatic rings. The van der Waals surface area contributed by atoms with E-state index in [9.17, 15) is 0 Å². The smallest absolute Gasteiger partial charge is 0.00760 e. The molecule has 0 aromatic heterocycles. The van der Waals surface area contributed by atoms with E-state index in [0.29, 0.717) is 6.04 Å². The minimum absolute atomic E-state index is 0.696. The maximum atomic E-state index is 3.36. The summed E-state index contributed by atoms with van der Waals surface area (Å²) < 4.78 is 0. The molecule has 0 aliphatic carbocycles. The highest BCUT2D eigenvalue weighted by atomic mass is 15.1. The molecule has 1 atom stereocenters. The van der Waals surface area contributed by atoms with Gasteiger partial charge >= 0.3 is 0 Å². The summed E-state index contributed by atoms with van der Waals surface area (Å²) in [4.78, 5) is 2.45. The first-order valence-electron chi connectivity index (χ1n) is 5.48. The zero-order chi connectivity index (χ0) is 10.3. The lowest BCUT2D eigenvalue weighted by Gasteiger charge is -2.26. The van der Waals surface area contributed by atoms with Crippen LogP contribution >= 0.6 is 0 Å². The summed E-state index contributed by atoms with van der Waals surface area (Å²) in [5, 5.41) is 3.36. The van der Waals surface area contributed by atoms with Gasteiger partial charge in [-0.05, 0) is 39.4 Å². The summed E-state index contributed by atoms with van der Waals surface area (Å²) in [7, 11) is 2.22. The number of nitrogens with zero attached hydrogens (tertiary/aromatic N) is 1. The molecule has 0 saturated carbocycles. The van der Waals surface area contributed by atoms with E-state index in [1.165, 1.54) is 13.0 Å². The van der Waals surface area contributed by atoms with Crippen molar-refractivity contribution in [2.24, 2.45) is 5.92 Å². The Morgan fingerprint density at radius 1 is 1.23 bits per heavy atom. The second-order valence-electron chi connectivity index (χ2n) is 4.32. The van der Waals surface area contributed by atoms with Gasteiger partial charge in [-0.15, -0.1) is 0 Å². The maximum Gasteiger partial charge on any atom is 0.00760 e. The second kappa shape index (κ2) is 7.34. The van der Waals surface area contributed by atoms with Crippen molar-refractivity contribution in [3.05, 3.63) is 0 Å². The largest absolute Gasteiger partial charge is 0.317 e. The van der Waals surface area contributed by atoms with Gasteiger partial charge in [0.15, 0.2) is 0 Å². The fourth-order valence-electron chi connectivity index (χ4n) is 1.46. The highest BCUT2D eigenvalue weighted by Gasteiger charge is 2.09. The molecule has 0 radical (unpaired) electrons. The lowest BCUT2D eigenvalue weighted by molar-refractivity contribution is 0.220. The van der Waals surface area contributed by atoms with E-state index in [1.807, 2.05) is 0 Å². The molecule has 0 saturated heterocycles. The Balaban J connectivity index is 3.50. The topological polar surface area (TPSA) is 15.3 Å². The first-order valence-corrected chi connectivity index (χ1v) is 5.48. The van der Waals surface area contributed by atoms with Crippen molar-refractivity contribution in [3.63, 3.8) is 0 Å². The minimum atomic E-state index is 0.696. The lowest BCUT2D eigenvalue weighted by Crippen LogP contribution is -2.34. The zero-order valence-corrected chi connectivity index (χ0v) is 9.93. The van der Waals surface area contributed by atoms with Gasteiger partial charge in [-0.25, -0.2) is 0 Å². The summed E-state index contributed by atoms with van der Waals surface area (Å²) in [6, 6.07) is 0.696. The van der Waals surface area contributed by atoms with Crippen LogP contribution in [0.3, 0.4) is 0 Å². The Kier molecular flexibility index (Phi) is 7.29. The fourth-order valence-corrected chi connectivity index (χ4v) is 1.46. The van der Waals surface area contributed by atoms with Crippen molar-refractivity contribution < 1.29 is 0 Å². The Morgan fingerprint density at radius 3 is 2.31 bits per heavy atom. The Labute approximate surface area is 83.7 Å². The van der Waals surface area contributed by atoms with Crippen LogP contribution in [0.2, 0.25) is 0 Å². The van der Waals surface area contributed by atoms with Crippen molar-refractivity contribution in [3.8, 4) is 0 Å². The molecular formula is C11H26N2. The zero-order valence-electron chi connectivity index (χ0n) is 9.93. The van der Waals surface area contributed by atoms with Crippen LogP contribution in [-0.4, -0.2) is 37.6 Å². The molecule has 13 heavy (non-hydrogen) atoms. The molecule has 1 N–H and O–H groups in total. The summed E-state index contributed by atoms with van der Waals surface area (Å²) in [6.45, 7) is 12.4. The molecule has 0 bridgehead atoms. The third-order valence-electron chi connectivity index (χ3n) is 2.39. The van der Waals surface area contributed by atoms with Gasteiger partial charge in [0, 0.05) is 12.6 Å². The van der Waals surface area contributed by atoms with E-state index in [2.05, 4.69) is 45.0 Å². The van der Waals surface area contributed by atoms with Crippen molar-refractivity contribution in [1.82, 2.24) is 10.2 Å². The summed E-state index contributed by atoms with van der Waals surface area (Å²) in [5.41, 5.74) is 0. The standard InChI is InChI=1S/C11H26N2/c1-6-12-8-7-11(4)13(5)9-10(2)3/h10-12H,6-9H2,1-5H3. The lowest BCUT2D eigenvalue weighted by atomic mass is 10.1. The van der Waals surface area contributed by atoms with E-state index >= 15 is 0 Å². The van der Waals surface area contributed by atoms with Crippen LogP contribution in [0.1, 0.15) is 34.1 Å². The van der Waals surface area contributed by atoms with Crippen molar-refractivity contribution in [2.45, 2.75) is 40.2 Å². The van der Waals surface area contributed by atoms with Crippen LogP contribution < -0.4 is 5.32 Å². The molecule has 0 fully saturated rings. The predicted octanol–water partition coefficient (Wildman–Crippen LogP) is 1.96. The van der Waals surface area contributed by atoms with Gasteiger partial charge in [-0.3, -0.25) is 0 Å². The molecule has 0 aromatic carbocycles. The van der Waals surface area contributed by atoms with Crippen LogP contribution in [0.15, 0.2) is 0 Å². The Morgan fingerprint density at radius 2 is 1.85 bits per heavy atom. The maximum absolute atomic E-state index is 3.36. The molecule has 0 amide bonds. The molecule has 1 unspecified atom stereocenters. The van der Waals surface area contributed by atoms with Crippen molar-refractivity contribution in [2.75, 3.05) is 26.7 Å². The van der Waals surface area contributed by atoms with Crippen LogP contribution in [0.25, 0.3) is 0 Å². The second-order valence-corrected chi connectivity index (χ2v) is 4.32. The van der Waals surface area contributed by atoms with Gasteiger partial charge in [-0.1, -0.05) is 20.8 Å². The monoisotopic (exact) mass is 186 g/mol. The van der Waals surface area contributed by atoms with E-state index < -0.39 is 0 Å². The van der Waals surface area contributed by atoms with Crippen LogP contribution in [-0.2, 0) is 0 Å². The molecular weight excluding hydrogens is 160 g/mol. The molecule has 0 aromatic rings. The third-order valence-corrected chi connectivity index (χ3v) is 2.39. The van der Waals surface area contributed by atoms with E-state index in [1.54, 1.807) is 0 Å². The first kappa shape index (κ1) is 12.9. The fraction of sp³-hybridized carbons (Fsp3) is 1.00. The van der Waals surface area contributed by atoms with Gasteiger partial charge < -0.3 is 10.2 Å².